The van der Waals surface area contributed by atoms with Crippen molar-refractivity contribution in [3.63, 3.8) is 0 Å². The van der Waals surface area contributed by atoms with E-state index in [4.69, 9.17) is 15.0 Å². The van der Waals surface area contributed by atoms with Crippen LogP contribution in [0.25, 0.3) is 11.4 Å². The van der Waals surface area contributed by atoms with Gasteiger partial charge in [0.05, 0.1) is 12.5 Å². The fourth-order valence-corrected chi connectivity index (χ4v) is 1.50. The van der Waals surface area contributed by atoms with Crippen LogP contribution in [0.2, 0.25) is 0 Å². The Labute approximate surface area is 110 Å². The Morgan fingerprint density at radius 2 is 2.16 bits per heavy atom. The summed E-state index contributed by atoms with van der Waals surface area (Å²) >= 11 is 0. The summed E-state index contributed by atoms with van der Waals surface area (Å²) in [6.45, 7) is 4.21. The minimum Gasteiger partial charge on any atom is -0.494 e. The Morgan fingerprint density at radius 3 is 2.79 bits per heavy atom. The van der Waals surface area contributed by atoms with Crippen LogP contribution < -0.4 is 10.5 Å². The Hall–Kier alpha value is -1.95. The number of benzene rings is 1. The van der Waals surface area contributed by atoms with Crippen LogP contribution in [-0.2, 0) is 5.41 Å². The largest absolute Gasteiger partial charge is 0.494 e. The zero-order chi connectivity index (χ0) is 14.0. The van der Waals surface area contributed by atoms with E-state index in [1.807, 2.05) is 13.8 Å². The van der Waals surface area contributed by atoms with E-state index in [-0.39, 0.29) is 5.75 Å². The summed E-state index contributed by atoms with van der Waals surface area (Å²) < 4.78 is 23.5. The number of hydrogen-bond acceptors (Lipinski definition) is 5. The van der Waals surface area contributed by atoms with Crippen LogP contribution in [0.4, 0.5) is 4.39 Å². The van der Waals surface area contributed by atoms with Crippen molar-refractivity contribution in [3.05, 3.63) is 29.9 Å². The van der Waals surface area contributed by atoms with Crippen molar-refractivity contribution in [1.29, 1.82) is 0 Å². The van der Waals surface area contributed by atoms with E-state index >= 15 is 0 Å². The molecule has 0 amide bonds. The maximum atomic E-state index is 13.3. The fourth-order valence-electron chi connectivity index (χ4n) is 1.50. The molecule has 1 heterocycles. The molecule has 1 aromatic carbocycles. The van der Waals surface area contributed by atoms with Gasteiger partial charge in [0.15, 0.2) is 11.6 Å². The Morgan fingerprint density at radius 1 is 1.42 bits per heavy atom. The van der Waals surface area contributed by atoms with Gasteiger partial charge in [0.2, 0.25) is 11.7 Å². The first-order chi connectivity index (χ1) is 8.97. The van der Waals surface area contributed by atoms with Crippen LogP contribution in [0, 0.1) is 5.82 Å². The maximum absolute atomic E-state index is 13.3. The smallest absolute Gasteiger partial charge is 0.233 e. The van der Waals surface area contributed by atoms with Crippen molar-refractivity contribution in [2.24, 2.45) is 5.73 Å². The van der Waals surface area contributed by atoms with Crippen molar-refractivity contribution in [3.8, 4) is 17.1 Å². The molecule has 2 aromatic rings. The molecular weight excluding hydrogens is 249 g/mol. The van der Waals surface area contributed by atoms with Gasteiger partial charge in [-0.25, -0.2) is 4.39 Å². The molecule has 102 valence electrons. The first-order valence-electron chi connectivity index (χ1n) is 5.86. The van der Waals surface area contributed by atoms with E-state index in [2.05, 4.69) is 10.1 Å². The first kappa shape index (κ1) is 13.5. The number of ether oxygens (including phenoxy) is 1. The normalized spacial score (nSPS) is 11.6. The standard InChI is InChI=1S/C13H16FN3O2/c1-13(2,7-15)12-16-11(17-19-12)8-4-5-9(14)10(6-8)18-3/h4-6H,7,15H2,1-3H3. The third-order valence-corrected chi connectivity index (χ3v) is 2.92. The lowest BCUT2D eigenvalue weighted by atomic mass is 9.94. The second-order valence-electron chi connectivity index (χ2n) is 4.86. The van der Waals surface area contributed by atoms with Gasteiger partial charge in [-0.15, -0.1) is 0 Å². The van der Waals surface area contributed by atoms with Gasteiger partial charge < -0.3 is 15.0 Å². The number of nitrogens with zero attached hydrogens (tertiary/aromatic N) is 2. The van der Waals surface area contributed by atoms with Crippen LogP contribution in [-0.4, -0.2) is 23.8 Å². The van der Waals surface area contributed by atoms with Crippen LogP contribution in [0.3, 0.4) is 0 Å². The first-order valence-corrected chi connectivity index (χ1v) is 5.86. The highest BCUT2D eigenvalue weighted by Gasteiger charge is 2.26. The average molecular weight is 265 g/mol. The Bertz CT molecular complexity index is 581. The molecule has 0 aliphatic rings. The molecule has 6 heteroatoms. The molecule has 5 nitrogen and oxygen atoms in total. The van der Waals surface area contributed by atoms with E-state index in [0.29, 0.717) is 23.8 Å². The van der Waals surface area contributed by atoms with Crippen molar-refractivity contribution < 1.29 is 13.7 Å². The van der Waals surface area contributed by atoms with Crippen molar-refractivity contribution in [2.75, 3.05) is 13.7 Å². The van der Waals surface area contributed by atoms with Crippen molar-refractivity contribution in [2.45, 2.75) is 19.3 Å². The van der Waals surface area contributed by atoms with Crippen molar-refractivity contribution >= 4 is 0 Å². The highest BCUT2D eigenvalue weighted by molar-refractivity contribution is 5.57. The van der Waals surface area contributed by atoms with Gasteiger partial charge >= 0.3 is 0 Å². The van der Waals surface area contributed by atoms with Gasteiger partial charge in [-0.05, 0) is 32.0 Å². The molecule has 2 rings (SSSR count). The highest BCUT2D eigenvalue weighted by Crippen LogP contribution is 2.27. The molecule has 0 bridgehead atoms. The number of rotatable bonds is 4. The lowest BCUT2D eigenvalue weighted by Gasteiger charge is -2.15. The predicted molar refractivity (Wildman–Crippen MR) is 68.3 cm³/mol. The van der Waals surface area contributed by atoms with E-state index in [0.717, 1.165) is 0 Å². The summed E-state index contributed by atoms with van der Waals surface area (Å²) in [7, 11) is 1.40. The lowest BCUT2D eigenvalue weighted by Crippen LogP contribution is -2.28. The van der Waals surface area contributed by atoms with Crippen molar-refractivity contribution in [1.82, 2.24) is 10.1 Å². The molecule has 0 spiro atoms. The molecule has 0 saturated carbocycles. The van der Waals surface area contributed by atoms with Crippen LogP contribution >= 0.6 is 0 Å². The minimum absolute atomic E-state index is 0.141. The number of aromatic nitrogens is 2. The summed E-state index contributed by atoms with van der Waals surface area (Å²) in [5.74, 6) is 0.544. The predicted octanol–water partition coefficient (Wildman–Crippen LogP) is 2.12. The van der Waals surface area contributed by atoms with E-state index < -0.39 is 11.2 Å². The number of hydrogen-bond donors (Lipinski definition) is 1. The second kappa shape index (κ2) is 4.97. The molecule has 0 aliphatic heterocycles. The molecule has 2 N–H and O–H groups in total. The monoisotopic (exact) mass is 265 g/mol. The van der Waals surface area contributed by atoms with Gasteiger partial charge in [0.1, 0.15) is 0 Å². The molecule has 0 radical (unpaired) electrons. The molecule has 0 unspecified atom stereocenters. The van der Waals surface area contributed by atoms with Gasteiger partial charge in [0.25, 0.3) is 0 Å². The van der Waals surface area contributed by atoms with Crippen LogP contribution in [0.5, 0.6) is 5.75 Å². The molecule has 0 fully saturated rings. The summed E-state index contributed by atoms with van der Waals surface area (Å²) in [6, 6.07) is 4.40. The Balaban J connectivity index is 2.38. The number of methoxy groups -OCH3 is 1. The molecule has 0 atom stereocenters. The average Bonchev–Trinajstić information content (AvgIpc) is 2.89. The second-order valence-corrected chi connectivity index (χ2v) is 4.86. The molecular formula is C13H16FN3O2. The molecule has 0 aliphatic carbocycles. The van der Waals surface area contributed by atoms with Gasteiger partial charge in [0, 0.05) is 12.1 Å². The van der Waals surface area contributed by atoms with E-state index in [1.54, 1.807) is 6.07 Å². The number of nitrogens with two attached hydrogens (primary N) is 1. The van der Waals surface area contributed by atoms with Gasteiger partial charge in [-0.3, -0.25) is 0 Å². The summed E-state index contributed by atoms with van der Waals surface area (Å²) in [5, 5.41) is 3.89. The zero-order valence-corrected chi connectivity index (χ0v) is 11.1. The van der Waals surface area contributed by atoms with E-state index in [9.17, 15) is 4.39 Å². The number of halogens is 1. The molecule has 1 aromatic heterocycles. The molecule has 19 heavy (non-hydrogen) atoms. The Kier molecular flexibility index (Phi) is 3.53. The summed E-state index contributed by atoms with van der Waals surface area (Å²) in [4.78, 5) is 4.29. The molecule has 0 saturated heterocycles. The van der Waals surface area contributed by atoms with E-state index in [1.165, 1.54) is 19.2 Å². The quantitative estimate of drug-likeness (QED) is 0.916. The summed E-state index contributed by atoms with van der Waals surface area (Å²) in [6.07, 6.45) is 0. The maximum Gasteiger partial charge on any atom is 0.233 e. The third kappa shape index (κ3) is 2.58. The topological polar surface area (TPSA) is 74.2 Å². The zero-order valence-electron chi connectivity index (χ0n) is 11.1. The summed E-state index contributed by atoms with van der Waals surface area (Å²) in [5.41, 5.74) is 5.89. The van der Waals surface area contributed by atoms with Gasteiger partial charge in [-0.2, -0.15) is 4.98 Å². The fraction of sp³-hybridized carbons (Fsp3) is 0.385. The van der Waals surface area contributed by atoms with Crippen LogP contribution in [0.15, 0.2) is 22.7 Å². The third-order valence-electron chi connectivity index (χ3n) is 2.92. The van der Waals surface area contributed by atoms with Gasteiger partial charge in [-0.1, -0.05) is 5.16 Å². The lowest BCUT2D eigenvalue weighted by molar-refractivity contribution is 0.311. The SMILES string of the molecule is COc1cc(-c2noc(C(C)(C)CN)n2)ccc1F. The van der Waals surface area contributed by atoms with Crippen LogP contribution in [0.1, 0.15) is 19.7 Å². The minimum atomic E-state index is -0.433. The highest BCUT2D eigenvalue weighted by atomic mass is 19.1.